The summed E-state index contributed by atoms with van der Waals surface area (Å²) in [5.41, 5.74) is 5.22. The standard InChI is InChI=1S/C15H21N3O4/c1-4-11-6-5-7-12(8-11)22-9-13(19)17-18-15(21)14(20)16-10(2)3/h5-8,10H,4,9H2,1-3H3,(H,16,20)(H,17,19)(H,18,21). The molecule has 0 unspecified atom stereocenters. The second kappa shape index (κ2) is 8.66. The maximum atomic E-state index is 11.5. The predicted octanol–water partition coefficient (Wildman–Crippen LogP) is 0.300. The average Bonchev–Trinajstić information content (AvgIpc) is 2.50. The van der Waals surface area contributed by atoms with Crippen LogP contribution in [0.25, 0.3) is 0 Å². The van der Waals surface area contributed by atoms with Gasteiger partial charge in [-0.1, -0.05) is 19.1 Å². The molecule has 0 aromatic heterocycles. The van der Waals surface area contributed by atoms with E-state index in [2.05, 4.69) is 10.7 Å². The van der Waals surface area contributed by atoms with E-state index in [-0.39, 0.29) is 12.6 Å². The number of carbonyl (C=O) groups is 3. The van der Waals surface area contributed by atoms with Crippen LogP contribution in [-0.4, -0.2) is 30.4 Å². The van der Waals surface area contributed by atoms with E-state index >= 15 is 0 Å². The van der Waals surface area contributed by atoms with Crippen molar-refractivity contribution in [3.63, 3.8) is 0 Å². The van der Waals surface area contributed by atoms with Crippen LogP contribution in [0.15, 0.2) is 24.3 Å². The molecule has 0 spiro atoms. The van der Waals surface area contributed by atoms with Crippen molar-refractivity contribution < 1.29 is 19.1 Å². The molecular formula is C15H21N3O4. The van der Waals surface area contributed by atoms with Gasteiger partial charge in [-0.3, -0.25) is 25.2 Å². The van der Waals surface area contributed by atoms with Crippen LogP contribution < -0.4 is 20.9 Å². The van der Waals surface area contributed by atoms with Crippen LogP contribution >= 0.6 is 0 Å². The maximum Gasteiger partial charge on any atom is 0.327 e. The second-order valence-corrected chi connectivity index (χ2v) is 4.92. The Morgan fingerprint density at radius 1 is 1.14 bits per heavy atom. The third-order valence-corrected chi connectivity index (χ3v) is 2.62. The molecule has 1 aromatic rings. The summed E-state index contributed by atoms with van der Waals surface area (Å²) in [6.45, 7) is 5.20. The number of amides is 3. The molecular weight excluding hydrogens is 286 g/mol. The van der Waals surface area contributed by atoms with E-state index in [1.807, 2.05) is 30.5 Å². The predicted molar refractivity (Wildman–Crippen MR) is 80.9 cm³/mol. The van der Waals surface area contributed by atoms with Gasteiger partial charge >= 0.3 is 11.8 Å². The number of hydrogen-bond donors (Lipinski definition) is 3. The van der Waals surface area contributed by atoms with E-state index in [4.69, 9.17) is 4.74 Å². The molecule has 22 heavy (non-hydrogen) atoms. The highest BCUT2D eigenvalue weighted by atomic mass is 16.5. The number of nitrogens with one attached hydrogen (secondary N) is 3. The van der Waals surface area contributed by atoms with Crippen molar-refractivity contribution in [2.45, 2.75) is 33.2 Å². The van der Waals surface area contributed by atoms with Gasteiger partial charge in [0.15, 0.2) is 6.61 Å². The SMILES string of the molecule is CCc1cccc(OCC(=O)NNC(=O)C(=O)NC(C)C)c1. The first-order valence-electron chi connectivity index (χ1n) is 7.03. The van der Waals surface area contributed by atoms with E-state index < -0.39 is 17.7 Å². The molecule has 0 saturated carbocycles. The Morgan fingerprint density at radius 2 is 1.86 bits per heavy atom. The molecule has 0 heterocycles. The van der Waals surface area contributed by atoms with Gasteiger partial charge in [-0.2, -0.15) is 0 Å². The van der Waals surface area contributed by atoms with E-state index in [0.29, 0.717) is 5.75 Å². The van der Waals surface area contributed by atoms with Gasteiger partial charge in [0.05, 0.1) is 0 Å². The molecule has 1 aromatic carbocycles. The summed E-state index contributed by atoms with van der Waals surface area (Å²) < 4.78 is 5.30. The van der Waals surface area contributed by atoms with Gasteiger partial charge in [-0.15, -0.1) is 0 Å². The van der Waals surface area contributed by atoms with Crippen molar-refractivity contribution in [3.8, 4) is 5.75 Å². The van der Waals surface area contributed by atoms with Crippen LogP contribution in [0.1, 0.15) is 26.3 Å². The number of hydrazine groups is 1. The fourth-order valence-electron chi connectivity index (χ4n) is 1.55. The molecule has 3 amide bonds. The molecule has 1 rings (SSSR count). The Kier molecular flexibility index (Phi) is 6.88. The number of benzene rings is 1. The Hall–Kier alpha value is -2.57. The fraction of sp³-hybridized carbons (Fsp3) is 0.400. The Labute approximate surface area is 129 Å². The third-order valence-electron chi connectivity index (χ3n) is 2.62. The van der Waals surface area contributed by atoms with Gasteiger partial charge in [0.2, 0.25) is 0 Å². The molecule has 0 bridgehead atoms. The highest BCUT2D eigenvalue weighted by molar-refractivity contribution is 6.35. The average molecular weight is 307 g/mol. The van der Waals surface area contributed by atoms with Crippen molar-refractivity contribution in [2.24, 2.45) is 0 Å². The lowest BCUT2D eigenvalue weighted by Gasteiger charge is -2.10. The van der Waals surface area contributed by atoms with Crippen molar-refractivity contribution in [2.75, 3.05) is 6.61 Å². The van der Waals surface area contributed by atoms with Gasteiger partial charge in [0.25, 0.3) is 5.91 Å². The molecule has 7 nitrogen and oxygen atoms in total. The summed E-state index contributed by atoms with van der Waals surface area (Å²) in [4.78, 5) is 34.2. The zero-order chi connectivity index (χ0) is 16.5. The zero-order valence-corrected chi connectivity index (χ0v) is 12.9. The van der Waals surface area contributed by atoms with Crippen molar-refractivity contribution in [3.05, 3.63) is 29.8 Å². The Morgan fingerprint density at radius 3 is 2.50 bits per heavy atom. The first-order valence-corrected chi connectivity index (χ1v) is 7.03. The van der Waals surface area contributed by atoms with Crippen LogP contribution in [0.2, 0.25) is 0 Å². The molecule has 3 N–H and O–H groups in total. The van der Waals surface area contributed by atoms with Gasteiger partial charge in [0, 0.05) is 6.04 Å². The minimum absolute atomic E-state index is 0.164. The number of carbonyl (C=O) groups excluding carboxylic acids is 3. The lowest BCUT2D eigenvalue weighted by Crippen LogP contribution is -2.50. The molecule has 0 aliphatic rings. The molecule has 120 valence electrons. The normalized spacial score (nSPS) is 10.0. The monoisotopic (exact) mass is 307 g/mol. The molecule has 0 atom stereocenters. The van der Waals surface area contributed by atoms with Crippen molar-refractivity contribution >= 4 is 17.7 Å². The quantitative estimate of drug-likeness (QED) is 0.538. The lowest BCUT2D eigenvalue weighted by atomic mass is 10.2. The molecule has 0 aliphatic heterocycles. The molecule has 0 fully saturated rings. The highest BCUT2D eigenvalue weighted by Crippen LogP contribution is 2.13. The van der Waals surface area contributed by atoms with E-state index in [0.717, 1.165) is 12.0 Å². The smallest absolute Gasteiger partial charge is 0.327 e. The molecule has 0 radical (unpaired) electrons. The van der Waals surface area contributed by atoms with Gasteiger partial charge < -0.3 is 10.1 Å². The number of rotatable bonds is 5. The van der Waals surface area contributed by atoms with Crippen LogP contribution in [0.3, 0.4) is 0 Å². The van der Waals surface area contributed by atoms with Gasteiger partial charge in [-0.25, -0.2) is 0 Å². The first kappa shape index (κ1) is 17.5. The van der Waals surface area contributed by atoms with Crippen LogP contribution in [-0.2, 0) is 20.8 Å². The van der Waals surface area contributed by atoms with Crippen molar-refractivity contribution in [1.82, 2.24) is 16.2 Å². The van der Waals surface area contributed by atoms with Crippen LogP contribution in [0.5, 0.6) is 5.75 Å². The molecule has 0 aliphatic carbocycles. The van der Waals surface area contributed by atoms with E-state index in [1.54, 1.807) is 19.9 Å². The second-order valence-electron chi connectivity index (χ2n) is 4.92. The zero-order valence-electron chi connectivity index (χ0n) is 12.9. The third kappa shape index (κ3) is 6.25. The Balaban J connectivity index is 2.34. The summed E-state index contributed by atoms with van der Waals surface area (Å²) in [6.07, 6.45) is 0.865. The lowest BCUT2D eigenvalue weighted by molar-refractivity contribution is -0.141. The van der Waals surface area contributed by atoms with Crippen LogP contribution in [0, 0.1) is 0 Å². The van der Waals surface area contributed by atoms with Crippen molar-refractivity contribution in [1.29, 1.82) is 0 Å². The van der Waals surface area contributed by atoms with E-state index in [9.17, 15) is 14.4 Å². The molecule has 0 saturated heterocycles. The number of hydrogen-bond acceptors (Lipinski definition) is 4. The van der Waals surface area contributed by atoms with E-state index in [1.165, 1.54) is 0 Å². The van der Waals surface area contributed by atoms with Gasteiger partial charge in [-0.05, 0) is 38.0 Å². The fourth-order valence-corrected chi connectivity index (χ4v) is 1.55. The summed E-state index contributed by atoms with van der Waals surface area (Å²) >= 11 is 0. The topological polar surface area (TPSA) is 96.5 Å². The summed E-state index contributed by atoms with van der Waals surface area (Å²) in [6, 6.07) is 7.20. The minimum Gasteiger partial charge on any atom is -0.484 e. The highest BCUT2D eigenvalue weighted by Gasteiger charge is 2.14. The minimum atomic E-state index is -0.935. The Bertz CT molecular complexity index is 543. The largest absolute Gasteiger partial charge is 0.484 e. The summed E-state index contributed by atoms with van der Waals surface area (Å²) in [5, 5.41) is 2.40. The van der Waals surface area contributed by atoms with Gasteiger partial charge in [0.1, 0.15) is 5.75 Å². The maximum absolute atomic E-state index is 11.5. The number of ether oxygens (including phenoxy) is 1. The summed E-state index contributed by atoms with van der Waals surface area (Å²) in [7, 11) is 0. The first-order chi connectivity index (χ1) is 10.4. The molecule has 7 heteroatoms. The summed E-state index contributed by atoms with van der Waals surface area (Å²) in [5.74, 6) is -1.74. The van der Waals surface area contributed by atoms with Crippen LogP contribution in [0.4, 0.5) is 0 Å². The number of aryl methyl sites for hydroxylation is 1.